The highest BCUT2D eigenvalue weighted by Crippen LogP contribution is 2.23. The van der Waals surface area contributed by atoms with Crippen LogP contribution in [0.2, 0.25) is 0 Å². The Kier molecular flexibility index (Phi) is 9.42. The second kappa shape index (κ2) is 12.5. The zero-order valence-electron chi connectivity index (χ0n) is 20.6. The van der Waals surface area contributed by atoms with Crippen molar-refractivity contribution in [3.63, 3.8) is 0 Å². The Morgan fingerprint density at radius 3 is 2.11 bits per heavy atom. The molecule has 3 amide bonds. The van der Waals surface area contributed by atoms with E-state index in [-0.39, 0.29) is 17.7 Å². The van der Waals surface area contributed by atoms with Gasteiger partial charge in [0.1, 0.15) is 17.5 Å². The number of carbonyl (C=O) groups excluding carboxylic acids is 3. The quantitative estimate of drug-likeness (QED) is 0.550. The Bertz CT molecular complexity index is 1010. The van der Waals surface area contributed by atoms with E-state index >= 15 is 0 Å². The van der Waals surface area contributed by atoms with Crippen molar-refractivity contribution in [2.45, 2.75) is 26.3 Å². The molecule has 9 heteroatoms. The summed E-state index contributed by atoms with van der Waals surface area (Å²) in [6, 6.07) is 11.4. The van der Waals surface area contributed by atoms with Gasteiger partial charge in [0.05, 0.1) is 20.6 Å². The zero-order valence-corrected chi connectivity index (χ0v) is 21.4. The average Bonchev–Trinajstić information content (AvgIpc) is 2.88. The van der Waals surface area contributed by atoms with Crippen molar-refractivity contribution < 1.29 is 23.9 Å². The topological polar surface area (TPSA) is 97.0 Å². The van der Waals surface area contributed by atoms with Gasteiger partial charge in [-0.15, -0.1) is 0 Å². The van der Waals surface area contributed by atoms with Crippen LogP contribution in [0.15, 0.2) is 42.5 Å². The minimum absolute atomic E-state index is 0.124. The lowest BCUT2D eigenvalue weighted by Gasteiger charge is -2.26. The number of anilines is 1. The van der Waals surface area contributed by atoms with Crippen molar-refractivity contribution in [3.05, 3.63) is 53.6 Å². The van der Waals surface area contributed by atoms with Gasteiger partial charge in [-0.3, -0.25) is 14.4 Å². The van der Waals surface area contributed by atoms with Crippen LogP contribution in [0.5, 0.6) is 11.5 Å². The summed E-state index contributed by atoms with van der Waals surface area (Å²) in [5, 5.41) is 5.68. The third kappa shape index (κ3) is 7.39. The number of carbonyl (C=O) groups is 3. The molecule has 2 aromatic carbocycles. The van der Waals surface area contributed by atoms with E-state index < -0.39 is 11.9 Å². The van der Waals surface area contributed by atoms with Gasteiger partial charge in [-0.05, 0) is 35.7 Å². The van der Waals surface area contributed by atoms with Gasteiger partial charge in [-0.1, -0.05) is 26.0 Å². The predicted octanol–water partition coefficient (Wildman–Crippen LogP) is 3.21. The lowest BCUT2D eigenvalue weighted by molar-refractivity contribution is -0.130. The van der Waals surface area contributed by atoms with E-state index in [1.165, 1.54) is 14.2 Å². The van der Waals surface area contributed by atoms with Gasteiger partial charge in [0, 0.05) is 41.9 Å². The predicted molar refractivity (Wildman–Crippen MR) is 138 cm³/mol. The fourth-order valence-corrected chi connectivity index (χ4v) is 4.63. The smallest absolute Gasteiger partial charge is 0.252 e. The summed E-state index contributed by atoms with van der Waals surface area (Å²) >= 11 is 1.87. The molecule has 1 heterocycles. The van der Waals surface area contributed by atoms with E-state index in [0.717, 1.165) is 30.2 Å². The first-order valence-corrected chi connectivity index (χ1v) is 12.8. The molecule has 1 unspecified atom stereocenters. The molecular weight excluding hydrogens is 466 g/mol. The Hall–Kier alpha value is -3.20. The summed E-state index contributed by atoms with van der Waals surface area (Å²) in [7, 11) is 3.02. The molecule has 1 fully saturated rings. The molecule has 2 N–H and O–H groups in total. The van der Waals surface area contributed by atoms with Crippen molar-refractivity contribution in [2.24, 2.45) is 5.92 Å². The highest BCUT2D eigenvalue weighted by atomic mass is 32.2. The SMILES string of the molecule is COc1cc(OC)cc(C(=O)NC(C(=O)Nc2ccc(CC(=O)N3CCSCC3)cc2)C(C)C)c1. The number of thioether (sulfide) groups is 1. The summed E-state index contributed by atoms with van der Waals surface area (Å²) in [4.78, 5) is 40.3. The van der Waals surface area contributed by atoms with Crippen molar-refractivity contribution in [3.8, 4) is 11.5 Å². The fourth-order valence-electron chi connectivity index (χ4n) is 3.72. The number of hydrogen-bond acceptors (Lipinski definition) is 6. The molecule has 35 heavy (non-hydrogen) atoms. The van der Waals surface area contributed by atoms with Crippen LogP contribution >= 0.6 is 11.8 Å². The molecule has 1 atom stereocenters. The van der Waals surface area contributed by atoms with Gasteiger partial charge >= 0.3 is 0 Å². The molecule has 2 aromatic rings. The van der Waals surface area contributed by atoms with Gasteiger partial charge in [0.2, 0.25) is 11.8 Å². The van der Waals surface area contributed by atoms with Crippen LogP contribution in [0.1, 0.15) is 29.8 Å². The van der Waals surface area contributed by atoms with Crippen LogP contribution in [0.3, 0.4) is 0 Å². The van der Waals surface area contributed by atoms with Gasteiger partial charge in [0.15, 0.2) is 0 Å². The largest absolute Gasteiger partial charge is 0.497 e. The fraction of sp³-hybridized carbons (Fsp3) is 0.423. The van der Waals surface area contributed by atoms with E-state index in [0.29, 0.717) is 29.2 Å². The second-order valence-corrected chi connectivity index (χ2v) is 9.88. The number of ether oxygens (including phenoxy) is 2. The molecule has 8 nitrogen and oxygen atoms in total. The first-order valence-electron chi connectivity index (χ1n) is 11.6. The normalized spacial score (nSPS) is 14.3. The molecule has 0 spiro atoms. The second-order valence-electron chi connectivity index (χ2n) is 8.65. The molecule has 3 rings (SSSR count). The Morgan fingerprint density at radius 2 is 1.57 bits per heavy atom. The Morgan fingerprint density at radius 1 is 0.971 bits per heavy atom. The molecule has 0 aliphatic carbocycles. The van der Waals surface area contributed by atoms with E-state index in [9.17, 15) is 14.4 Å². The maximum atomic E-state index is 13.0. The standard InChI is InChI=1S/C26H33N3O5S/c1-17(2)24(28-25(31)19-14-21(33-3)16-22(15-19)34-4)26(32)27-20-7-5-18(6-8-20)13-23(30)29-9-11-35-12-10-29/h5-8,14-17,24H,9-13H2,1-4H3,(H,27,32)(H,28,31). The monoisotopic (exact) mass is 499 g/mol. The van der Waals surface area contributed by atoms with Crippen LogP contribution in [0, 0.1) is 5.92 Å². The van der Waals surface area contributed by atoms with Crippen LogP contribution in [-0.2, 0) is 16.0 Å². The molecule has 1 aliphatic rings. The van der Waals surface area contributed by atoms with Crippen LogP contribution < -0.4 is 20.1 Å². The third-order valence-electron chi connectivity index (χ3n) is 5.79. The average molecular weight is 500 g/mol. The lowest BCUT2D eigenvalue weighted by Crippen LogP contribution is -2.47. The zero-order chi connectivity index (χ0) is 25.4. The van der Waals surface area contributed by atoms with Crippen LogP contribution in [0.4, 0.5) is 5.69 Å². The summed E-state index contributed by atoms with van der Waals surface area (Å²) in [6.07, 6.45) is 0.341. The van der Waals surface area contributed by atoms with Gasteiger partial charge in [0.25, 0.3) is 5.91 Å². The highest BCUT2D eigenvalue weighted by molar-refractivity contribution is 7.99. The molecule has 1 aliphatic heterocycles. The van der Waals surface area contributed by atoms with Gasteiger partial charge in [-0.25, -0.2) is 0 Å². The summed E-state index contributed by atoms with van der Waals surface area (Å²) in [5.74, 6) is 2.19. The van der Waals surface area contributed by atoms with Crippen LogP contribution in [0.25, 0.3) is 0 Å². The maximum absolute atomic E-state index is 13.0. The van der Waals surface area contributed by atoms with Gasteiger partial charge < -0.3 is 25.0 Å². The van der Waals surface area contributed by atoms with Crippen molar-refractivity contribution in [1.82, 2.24) is 10.2 Å². The van der Waals surface area contributed by atoms with Crippen molar-refractivity contribution >= 4 is 35.2 Å². The first kappa shape index (κ1) is 26.4. The van der Waals surface area contributed by atoms with E-state index in [2.05, 4.69) is 10.6 Å². The number of benzene rings is 2. The van der Waals surface area contributed by atoms with Crippen molar-refractivity contribution in [1.29, 1.82) is 0 Å². The van der Waals surface area contributed by atoms with E-state index in [1.807, 2.05) is 42.6 Å². The number of hydrogen-bond donors (Lipinski definition) is 2. The Labute approximate surface area is 210 Å². The number of amides is 3. The number of nitrogens with zero attached hydrogens (tertiary/aromatic N) is 1. The summed E-state index contributed by atoms with van der Waals surface area (Å²) < 4.78 is 10.5. The van der Waals surface area contributed by atoms with E-state index in [1.54, 1.807) is 30.3 Å². The van der Waals surface area contributed by atoms with Crippen LogP contribution in [-0.4, -0.2) is 67.5 Å². The number of methoxy groups -OCH3 is 2. The number of rotatable bonds is 9. The van der Waals surface area contributed by atoms with E-state index in [4.69, 9.17) is 9.47 Å². The molecular formula is C26H33N3O5S. The summed E-state index contributed by atoms with van der Waals surface area (Å²) in [5.41, 5.74) is 1.83. The summed E-state index contributed by atoms with van der Waals surface area (Å²) in [6.45, 7) is 5.32. The molecule has 0 saturated carbocycles. The Balaban J connectivity index is 1.62. The minimum Gasteiger partial charge on any atom is -0.497 e. The molecule has 0 aromatic heterocycles. The maximum Gasteiger partial charge on any atom is 0.252 e. The lowest BCUT2D eigenvalue weighted by atomic mass is 10.0. The highest BCUT2D eigenvalue weighted by Gasteiger charge is 2.25. The first-order chi connectivity index (χ1) is 16.8. The molecule has 188 valence electrons. The minimum atomic E-state index is -0.752. The molecule has 1 saturated heterocycles. The molecule has 0 bridgehead atoms. The van der Waals surface area contributed by atoms with Gasteiger partial charge in [-0.2, -0.15) is 11.8 Å². The number of nitrogens with one attached hydrogen (secondary N) is 2. The third-order valence-corrected chi connectivity index (χ3v) is 6.73. The van der Waals surface area contributed by atoms with Crippen molar-refractivity contribution in [2.75, 3.05) is 44.1 Å². The molecule has 0 radical (unpaired) electrons.